The quantitative estimate of drug-likeness (QED) is 0.327. The van der Waals surface area contributed by atoms with Crippen molar-refractivity contribution >= 4 is 33.5 Å². The normalized spacial score (nSPS) is 11.4. The average molecular weight is 376 g/mol. The number of hydrogen-bond donors (Lipinski definition) is 0. The van der Waals surface area contributed by atoms with Crippen LogP contribution in [0.5, 0.6) is 0 Å². The lowest BCUT2D eigenvalue weighted by molar-refractivity contribution is -0.152. The maximum absolute atomic E-state index is 12.8. The van der Waals surface area contributed by atoms with Crippen LogP contribution in [-0.4, -0.2) is 24.1 Å². The van der Waals surface area contributed by atoms with Gasteiger partial charge in [0, 0.05) is 17.4 Å². The Hall–Kier alpha value is -3.14. The van der Waals surface area contributed by atoms with Crippen molar-refractivity contribution in [3.05, 3.63) is 72.3 Å². The highest BCUT2D eigenvalue weighted by Crippen LogP contribution is 2.29. The fourth-order valence-corrected chi connectivity index (χ4v) is 3.09. The molecule has 4 heteroatoms. The highest BCUT2D eigenvalue weighted by Gasteiger charge is 2.24. The summed E-state index contributed by atoms with van der Waals surface area (Å²) in [4.78, 5) is 24.5. The minimum atomic E-state index is -0.748. The molecule has 0 aromatic heterocycles. The van der Waals surface area contributed by atoms with E-state index in [0.717, 1.165) is 21.5 Å². The Balaban J connectivity index is 1.78. The molecule has 0 spiro atoms. The van der Waals surface area contributed by atoms with E-state index in [-0.39, 0.29) is 12.6 Å². The molecule has 0 aliphatic heterocycles. The molecule has 0 fully saturated rings. The number of ether oxygens (including phenoxy) is 2. The summed E-state index contributed by atoms with van der Waals surface area (Å²) >= 11 is 0. The molecule has 0 unspecified atom stereocenters. The molecule has 0 bridgehead atoms. The van der Waals surface area contributed by atoms with E-state index < -0.39 is 11.6 Å². The molecule has 144 valence electrons. The smallest absolute Gasteiger partial charge is 0.338 e. The molecule has 0 amide bonds. The number of carbonyl (C=O) groups excluding carboxylic acids is 2. The number of esters is 2. The third-order valence-electron chi connectivity index (χ3n) is 4.64. The van der Waals surface area contributed by atoms with Gasteiger partial charge in [0.15, 0.2) is 0 Å². The van der Waals surface area contributed by atoms with Crippen molar-refractivity contribution in [1.29, 1.82) is 0 Å². The molecule has 0 N–H and O–H groups in total. The van der Waals surface area contributed by atoms with Crippen LogP contribution in [0.3, 0.4) is 0 Å². The molecule has 0 aliphatic rings. The van der Waals surface area contributed by atoms with E-state index in [9.17, 15) is 9.59 Å². The second-order valence-electron chi connectivity index (χ2n) is 7.51. The van der Waals surface area contributed by atoms with Gasteiger partial charge in [-0.15, -0.1) is 0 Å². The van der Waals surface area contributed by atoms with Gasteiger partial charge in [-0.3, -0.25) is 0 Å². The van der Waals surface area contributed by atoms with Crippen molar-refractivity contribution in [2.45, 2.75) is 32.8 Å². The number of carbonyl (C=O) groups is 2. The zero-order valence-electron chi connectivity index (χ0n) is 16.5. The van der Waals surface area contributed by atoms with Gasteiger partial charge in [0.05, 0.1) is 12.2 Å². The highest BCUT2D eigenvalue weighted by atomic mass is 16.6. The van der Waals surface area contributed by atoms with Crippen molar-refractivity contribution in [2.24, 2.45) is 0 Å². The molecule has 3 rings (SSSR count). The summed E-state index contributed by atoms with van der Waals surface area (Å²) in [5.41, 5.74) is 0.126. The summed E-state index contributed by atoms with van der Waals surface area (Å²) in [7, 11) is 0. The van der Waals surface area contributed by atoms with Crippen molar-refractivity contribution in [3.63, 3.8) is 0 Å². The molecule has 0 heterocycles. The number of hydrogen-bond acceptors (Lipinski definition) is 4. The average Bonchev–Trinajstić information content (AvgIpc) is 2.66. The van der Waals surface area contributed by atoms with Crippen LogP contribution in [0.15, 0.2) is 66.7 Å². The molecular formula is C24H24O4. The molecule has 0 aliphatic carbocycles. The first-order valence-corrected chi connectivity index (χ1v) is 9.25. The molecule has 0 saturated carbocycles. The van der Waals surface area contributed by atoms with Crippen LogP contribution < -0.4 is 0 Å². The van der Waals surface area contributed by atoms with E-state index in [1.807, 2.05) is 48.5 Å². The minimum Gasteiger partial charge on any atom is -0.462 e. The van der Waals surface area contributed by atoms with Gasteiger partial charge in [-0.05, 0) is 43.0 Å². The van der Waals surface area contributed by atoms with E-state index in [1.54, 1.807) is 26.8 Å². The van der Waals surface area contributed by atoms with Crippen LogP contribution in [0.2, 0.25) is 0 Å². The third-order valence-corrected chi connectivity index (χ3v) is 4.64. The largest absolute Gasteiger partial charge is 0.462 e. The van der Waals surface area contributed by atoms with Crippen LogP contribution in [0.4, 0.5) is 0 Å². The van der Waals surface area contributed by atoms with Crippen molar-refractivity contribution in [1.82, 2.24) is 0 Å². The summed E-state index contributed by atoms with van der Waals surface area (Å²) in [6, 6.07) is 17.6. The topological polar surface area (TPSA) is 52.6 Å². The van der Waals surface area contributed by atoms with Crippen LogP contribution in [-0.2, 0) is 14.3 Å². The van der Waals surface area contributed by atoms with Gasteiger partial charge in [0.2, 0.25) is 0 Å². The summed E-state index contributed by atoms with van der Waals surface area (Å²) in [6.07, 6.45) is 0.392. The molecule has 0 radical (unpaired) electrons. The SMILES string of the molecule is C=C(C)C(=O)OC(C)(C)CCOC(=O)c1cccc2ccc3ccccc3c12. The van der Waals surface area contributed by atoms with E-state index in [4.69, 9.17) is 9.47 Å². The van der Waals surface area contributed by atoms with Gasteiger partial charge in [-0.2, -0.15) is 0 Å². The second-order valence-corrected chi connectivity index (χ2v) is 7.51. The van der Waals surface area contributed by atoms with Gasteiger partial charge in [-0.25, -0.2) is 9.59 Å². The van der Waals surface area contributed by atoms with E-state index in [0.29, 0.717) is 17.6 Å². The fourth-order valence-electron chi connectivity index (χ4n) is 3.09. The van der Waals surface area contributed by atoms with Crippen molar-refractivity contribution < 1.29 is 19.1 Å². The van der Waals surface area contributed by atoms with Crippen LogP contribution >= 0.6 is 0 Å². The second kappa shape index (κ2) is 7.85. The predicted octanol–water partition coefficient (Wildman–Crippen LogP) is 5.44. The first kappa shape index (κ1) is 19.6. The Kier molecular flexibility index (Phi) is 5.50. The molecule has 28 heavy (non-hydrogen) atoms. The lowest BCUT2D eigenvalue weighted by Gasteiger charge is -2.25. The van der Waals surface area contributed by atoms with Crippen molar-refractivity contribution in [2.75, 3.05) is 6.61 Å². The third kappa shape index (κ3) is 4.22. The summed E-state index contributed by atoms with van der Waals surface area (Å²) in [5.74, 6) is -0.833. The summed E-state index contributed by atoms with van der Waals surface area (Å²) < 4.78 is 10.9. The zero-order valence-corrected chi connectivity index (χ0v) is 16.5. The van der Waals surface area contributed by atoms with Crippen LogP contribution in [0.25, 0.3) is 21.5 Å². The lowest BCUT2D eigenvalue weighted by atomic mass is 9.98. The van der Waals surface area contributed by atoms with Crippen LogP contribution in [0.1, 0.15) is 37.6 Å². The monoisotopic (exact) mass is 376 g/mol. The standard InChI is InChI=1S/C24H24O4/c1-16(2)22(25)28-24(3,4)14-15-27-23(26)20-11-7-9-18-13-12-17-8-5-6-10-19(17)21(18)20/h5-13H,1,14-15H2,2-4H3. The van der Waals surface area contributed by atoms with Gasteiger partial charge in [0.1, 0.15) is 5.60 Å². The molecule has 3 aromatic carbocycles. The maximum atomic E-state index is 12.8. The van der Waals surface area contributed by atoms with Gasteiger partial charge in [0.25, 0.3) is 0 Å². The Bertz CT molecular complexity index is 1060. The summed E-state index contributed by atoms with van der Waals surface area (Å²) in [6.45, 7) is 8.90. The molecular weight excluding hydrogens is 352 g/mol. The number of benzene rings is 3. The predicted molar refractivity (Wildman–Crippen MR) is 111 cm³/mol. The van der Waals surface area contributed by atoms with Gasteiger partial charge >= 0.3 is 11.9 Å². The van der Waals surface area contributed by atoms with Crippen LogP contribution in [0, 0.1) is 0 Å². The highest BCUT2D eigenvalue weighted by molar-refractivity contribution is 6.16. The Morgan fingerprint density at radius 1 is 0.964 bits per heavy atom. The van der Waals surface area contributed by atoms with Crippen molar-refractivity contribution in [3.8, 4) is 0 Å². The van der Waals surface area contributed by atoms with Gasteiger partial charge < -0.3 is 9.47 Å². The molecule has 0 saturated heterocycles. The van der Waals surface area contributed by atoms with Gasteiger partial charge in [-0.1, -0.05) is 55.1 Å². The lowest BCUT2D eigenvalue weighted by Crippen LogP contribution is -2.30. The fraction of sp³-hybridized carbons (Fsp3) is 0.250. The molecule has 4 nitrogen and oxygen atoms in total. The first-order chi connectivity index (χ1) is 13.3. The van der Waals surface area contributed by atoms with E-state index in [1.165, 1.54) is 0 Å². The molecule has 3 aromatic rings. The minimum absolute atomic E-state index is 0.149. The summed E-state index contributed by atoms with van der Waals surface area (Å²) in [5, 5.41) is 3.97. The first-order valence-electron chi connectivity index (χ1n) is 9.25. The Morgan fingerprint density at radius 2 is 1.64 bits per heavy atom. The number of fused-ring (bicyclic) bond motifs is 3. The Morgan fingerprint density at radius 3 is 2.39 bits per heavy atom. The maximum Gasteiger partial charge on any atom is 0.338 e. The zero-order chi connectivity index (χ0) is 20.3. The Labute approximate surface area is 164 Å². The molecule has 0 atom stereocenters. The van der Waals surface area contributed by atoms with E-state index in [2.05, 4.69) is 6.58 Å². The number of rotatable bonds is 6. The van der Waals surface area contributed by atoms with E-state index >= 15 is 0 Å².